The summed E-state index contributed by atoms with van der Waals surface area (Å²) in [5, 5.41) is 3.36. The zero-order chi connectivity index (χ0) is 24.1. The molecule has 2 heterocycles. The fourth-order valence-electron chi connectivity index (χ4n) is 3.82. The number of hydrogen-bond acceptors (Lipinski definition) is 7. The lowest BCUT2D eigenvalue weighted by Crippen LogP contribution is -2.16. The lowest BCUT2D eigenvalue weighted by atomic mass is 10.0. The average Bonchev–Trinajstić information content (AvgIpc) is 3.50. The number of ether oxygens (including phenoxy) is 1. The van der Waals surface area contributed by atoms with Gasteiger partial charge in [0.25, 0.3) is 5.91 Å². The maximum absolute atomic E-state index is 12.7. The van der Waals surface area contributed by atoms with E-state index in [9.17, 15) is 9.59 Å². The number of rotatable bonds is 9. The van der Waals surface area contributed by atoms with Gasteiger partial charge in [0.05, 0.1) is 35.3 Å². The molecule has 1 atom stereocenters. The van der Waals surface area contributed by atoms with Crippen molar-refractivity contribution in [3.05, 3.63) is 77.9 Å². The van der Waals surface area contributed by atoms with Gasteiger partial charge < -0.3 is 14.2 Å². The Bertz CT molecular complexity index is 1280. The fourth-order valence-corrected chi connectivity index (χ4v) is 4.73. The van der Waals surface area contributed by atoms with E-state index in [2.05, 4.69) is 51.0 Å². The predicted octanol–water partition coefficient (Wildman–Crippen LogP) is 4.46. The minimum absolute atomic E-state index is 0.174. The summed E-state index contributed by atoms with van der Waals surface area (Å²) >= 11 is 1.43. The van der Waals surface area contributed by atoms with Crippen LogP contribution in [-0.2, 0) is 4.74 Å². The van der Waals surface area contributed by atoms with Gasteiger partial charge in [-0.25, -0.2) is 14.8 Å². The Balaban J connectivity index is 1.54. The number of carbonyl (C=O) groups is 2. The highest BCUT2D eigenvalue weighted by Gasteiger charge is 2.17. The van der Waals surface area contributed by atoms with E-state index in [0.717, 1.165) is 29.6 Å². The molecule has 0 aliphatic rings. The maximum atomic E-state index is 12.7. The second kappa shape index (κ2) is 10.6. The molecule has 2 aromatic carbocycles. The van der Waals surface area contributed by atoms with E-state index in [1.165, 1.54) is 30.1 Å². The molecule has 1 N–H and O–H groups in total. The molecule has 0 saturated carbocycles. The van der Waals surface area contributed by atoms with Crippen LogP contribution < -0.4 is 5.32 Å². The topological polar surface area (TPSA) is 89.4 Å². The molecule has 1 amide bonds. The van der Waals surface area contributed by atoms with Crippen molar-refractivity contribution in [3.8, 4) is 0 Å². The summed E-state index contributed by atoms with van der Waals surface area (Å²) in [7, 11) is 5.47. The van der Waals surface area contributed by atoms with Crippen LogP contribution in [0.5, 0.6) is 0 Å². The van der Waals surface area contributed by atoms with Crippen LogP contribution >= 0.6 is 11.3 Å². The van der Waals surface area contributed by atoms with E-state index in [-0.39, 0.29) is 11.9 Å². The third-order valence-electron chi connectivity index (χ3n) is 5.53. The molecule has 0 aliphatic carbocycles. The maximum Gasteiger partial charge on any atom is 0.337 e. The molecule has 0 bridgehead atoms. The normalized spacial score (nSPS) is 12.1. The third-order valence-corrected chi connectivity index (χ3v) is 6.46. The second-order valence-corrected chi connectivity index (χ2v) is 9.27. The van der Waals surface area contributed by atoms with E-state index in [1.807, 2.05) is 18.6 Å². The van der Waals surface area contributed by atoms with Crippen LogP contribution in [-0.4, -0.2) is 59.1 Å². The first-order valence-electron chi connectivity index (χ1n) is 11.0. The van der Waals surface area contributed by atoms with Crippen molar-refractivity contribution in [2.45, 2.75) is 18.9 Å². The highest BCUT2D eigenvalue weighted by Crippen LogP contribution is 2.31. The number of esters is 1. The van der Waals surface area contributed by atoms with Gasteiger partial charge in [-0.1, -0.05) is 23.5 Å². The summed E-state index contributed by atoms with van der Waals surface area (Å²) in [4.78, 5) is 35.5. The highest BCUT2D eigenvalue weighted by atomic mass is 32.1. The van der Waals surface area contributed by atoms with Crippen molar-refractivity contribution in [2.24, 2.45) is 0 Å². The van der Waals surface area contributed by atoms with E-state index >= 15 is 0 Å². The van der Waals surface area contributed by atoms with Crippen molar-refractivity contribution < 1.29 is 14.3 Å². The number of thiazole rings is 1. The Hall–Kier alpha value is -3.56. The Labute approximate surface area is 202 Å². The number of fused-ring (bicyclic) bond motifs is 1. The standard InChI is InChI=1S/C25H27N5O3S/c1-29(2)12-5-8-21(30-13-11-26-16-30)17-9-10-20-22(15-17)34-25(27-20)28-23(31)18-6-4-7-19(14-18)24(32)33-3/h4,6-7,9-11,13-16,21H,5,8,12H2,1-3H3,(H,27,28,31). The highest BCUT2D eigenvalue weighted by molar-refractivity contribution is 7.22. The lowest BCUT2D eigenvalue weighted by Gasteiger charge is -2.20. The Morgan fingerprint density at radius 1 is 1.18 bits per heavy atom. The minimum Gasteiger partial charge on any atom is -0.465 e. The summed E-state index contributed by atoms with van der Waals surface area (Å²) in [6.45, 7) is 1.02. The fraction of sp³-hybridized carbons (Fsp3) is 0.280. The first-order valence-corrected chi connectivity index (χ1v) is 11.8. The molecule has 9 heteroatoms. The van der Waals surface area contributed by atoms with Gasteiger partial charge in [-0.3, -0.25) is 10.1 Å². The van der Waals surface area contributed by atoms with Crippen molar-refractivity contribution in [2.75, 3.05) is 33.1 Å². The number of carbonyl (C=O) groups excluding carboxylic acids is 2. The van der Waals surface area contributed by atoms with Crippen LogP contribution in [0.15, 0.2) is 61.2 Å². The first-order chi connectivity index (χ1) is 16.4. The molecule has 0 fully saturated rings. The van der Waals surface area contributed by atoms with Crippen LogP contribution in [0.4, 0.5) is 5.13 Å². The molecule has 0 saturated heterocycles. The van der Waals surface area contributed by atoms with Gasteiger partial charge in [-0.2, -0.15) is 0 Å². The first kappa shape index (κ1) is 23.6. The summed E-state index contributed by atoms with van der Waals surface area (Å²) in [5.74, 6) is -0.815. The van der Waals surface area contributed by atoms with Gasteiger partial charge >= 0.3 is 5.97 Å². The third kappa shape index (κ3) is 5.49. The average molecular weight is 478 g/mol. The molecule has 176 valence electrons. The summed E-state index contributed by atoms with van der Waals surface area (Å²) < 4.78 is 7.86. The van der Waals surface area contributed by atoms with E-state index in [0.29, 0.717) is 16.3 Å². The lowest BCUT2D eigenvalue weighted by molar-refractivity contribution is 0.0600. The van der Waals surface area contributed by atoms with Gasteiger partial charge in [0.2, 0.25) is 0 Å². The van der Waals surface area contributed by atoms with E-state index < -0.39 is 5.97 Å². The number of nitrogens with one attached hydrogen (secondary N) is 1. The van der Waals surface area contributed by atoms with Gasteiger partial charge in [0, 0.05) is 18.0 Å². The van der Waals surface area contributed by atoms with Crippen molar-refractivity contribution in [1.82, 2.24) is 19.4 Å². The van der Waals surface area contributed by atoms with Crippen LogP contribution in [0.2, 0.25) is 0 Å². The smallest absolute Gasteiger partial charge is 0.337 e. The molecule has 4 aromatic rings. The monoisotopic (exact) mass is 477 g/mol. The Kier molecular flexibility index (Phi) is 7.34. The zero-order valence-electron chi connectivity index (χ0n) is 19.4. The van der Waals surface area contributed by atoms with Crippen molar-refractivity contribution in [3.63, 3.8) is 0 Å². The zero-order valence-corrected chi connectivity index (χ0v) is 20.2. The molecule has 2 aromatic heterocycles. The number of methoxy groups -OCH3 is 1. The largest absolute Gasteiger partial charge is 0.465 e. The number of anilines is 1. The second-order valence-electron chi connectivity index (χ2n) is 8.24. The predicted molar refractivity (Wildman–Crippen MR) is 134 cm³/mol. The quantitative estimate of drug-likeness (QED) is 0.358. The molecular weight excluding hydrogens is 450 g/mol. The van der Waals surface area contributed by atoms with Crippen LogP contribution in [0, 0.1) is 0 Å². The van der Waals surface area contributed by atoms with Crippen LogP contribution in [0.3, 0.4) is 0 Å². The van der Waals surface area contributed by atoms with Gasteiger partial charge in [-0.05, 0) is 69.4 Å². The molecule has 34 heavy (non-hydrogen) atoms. The van der Waals surface area contributed by atoms with E-state index in [1.54, 1.807) is 24.4 Å². The van der Waals surface area contributed by atoms with Gasteiger partial charge in [-0.15, -0.1) is 0 Å². The molecular formula is C25H27N5O3S. The van der Waals surface area contributed by atoms with Crippen LogP contribution in [0.1, 0.15) is 45.2 Å². The number of aromatic nitrogens is 3. The molecule has 0 spiro atoms. The molecule has 0 radical (unpaired) electrons. The minimum atomic E-state index is -0.486. The number of hydrogen-bond donors (Lipinski definition) is 1. The van der Waals surface area contributed by atoms with Crippen molar-refractivity contribution in [1.29, 1.82) is 0 Å². The molecule has 8 nitrogen and oxygen atoms in total. The molecule has 4 rings (SSSR count). The number of amides is 1. The van der Waals surface area contributed by atoms with Crippen LogP contribution in [0.25, 0.3) is 10.2 Å². The van der Waals surface area contributed by atoms with Crippen molar-refractivity contribution >= 4 is 38.6 Å². The Morgan fingerprint density at radius 2 is 2.00 bits per heavy atom. The van der Waals surface area contributed by atoms with Gasteiger partial charge in [0.15, 0.2) is 5.13 Å². The van der Waals surface area contributed by atoms with E-state index in [4.69, 9.17) is 4.74 Å². The summed E-state index contributed by atoms with van der Waals surface area (Å²) in [6, 6.07) is 12.8. The van der Waals surface area contributed by atoms with Gasteiger partial charge in [0.1, 0.15) is 0 Å². The number of imidazole rings is 1. The number of nitrogens with zero attached hydrogens (tertiary/aromatic N) is 4. The molecule has 1 unspecified atom stereocenters. The molecule has 0 aliphatic heterocycles. The Morgan fingerprint density at radius 3 is 2.74 bits per heavy atom. The summed E-state index contributed by atoms with van der Waals surface area (Å²) in [5.41, 5.74) is 2.69. The summed E-state index contributed by atoms with van der Waals surface area (Å²) in [6.07, 6.45) is 7.69. The number of benzene rings is 2. The SMILES string of the molecule is COC(=O)c1cccc(C(=O)Nc2nc3ccc(C(CCCN(C)C)n4ccnc4)cc3s2)c1.